The highest BCUT2D eigenvalue weighted by Gasteiger charge is 2.30. The zero-order chi connectivity index (χ0) is 22.4. The Morgan fingerprint density at radius 1 is 1.13 bits per heavy atom. The van der Waals surface area contributed by atoms with E-state index in [-0.39, 0.29) is 28.1 Å². The maximum absolute atomic E-state index is 12.9. The molecule has 2 atom stereocenters. The standard InChI is InChI=1S/C21H34N4O4S2/c1-3-16(2)22-20(26)17-9-8-12-24(15-17)21(27)23-18-10-11-19(30-18)31(28,29)25-13-6-4-5-7-14-25/h10-11,16-17H,3-9,12-15H2,1-2H3,(H,22,26)(H,23,27)/t16-,17+/m1/s1. The Morgan fingerprint density at radius 2 is 1.84 bits per heavy atom. The number of thiophene rings is 1. The van der Waals surface area contributed by atoms with Crippen molar-refractivity contribution in [3.63, 3.8) is 0 Å². The van der Waals surface area contributed by atoms with E-state index >= 15 is 0 Å². The lowest BCUT2D eigenvalue weighted by Crippen LogP contribution is -2.48. The number of amides is 3. The molecule has 0 saturated carbocycles. The van der Waals surface area contributed by atoms with E-state index in [2.05, 4.69) is 10.6 Å². The summed E-state index contributed by atoms with van der Waals surface area (Å²) in [7, 11) is -3.53. The number of urea groups is 1. The van der Waals surface area contributed by atoms with E-state index in [1.807, 2.05) is 13.8 Å². The zero-order valence-corrected chi connectivity index (χ0v) is 20.1. The molecule has 2 fully saturated rings. The highest BCUT2D eigenvalue weighted by atomic mass is 32.2. The summed E-state index contributed by atoms with van der Waals surface area (Å²) in [6.45, 7) is 6.06. The summed E-state index contributed by atoms with van der Waals surface area (Å²) in [5.41, 5.74) is 0. The minimum absolute atomic E-state index is 0.00574. The Kier molecular flexibility index (Phi) is 8.35. The van der Waals surface area contributed by atoms with Crippen LogP contribution in [0.2, 0.25) is 0 Å². The minimum atomic E-state index is -3.53. The van der Waals surface area contributed by atoms with E-state index in [1.54, 1.807) is 21.3 Å². The molecule has 2 saturated heterocycles. The molecule has 3 heterocycles. The quantitative estimate of drug-likeness (QED) is 0.665. The van der Waals surface area contributed by atoms with Gasteiger partial charge in [-0.2, -0.15) is 4.31 Å². The maximum atomic E-state index is 12.9. The van der Waals surface area contributed by atoms with E-state index in [0.29, 0.717) is 31.2 Å². The largest absolute Gasteiger partial charge is 0.353 e. The Hall–Kier alpha value is -1.65. The third-order valence-electron chi connectivity index (χ3n) is 6.05. The average Bonchev–Trinajstić information content (AvgIpc) is 3.06. The van der Waals surface area contributed by atoms with Crippen molar-refractivity contribution < 1.29 is 18.0 Å². The van der Waals surface area contributed by atoms with Gasteiger partial charge >= 0.3 is 6.03 Å². The number of carbonyl (C=O) groups excluding carboxylic acids is 2. The smallest absolute Gasteiger partial charge is 0.322 e. The van der Waals surface area contributed by atoms with E-state index in [0.717, 1.165) is 56.3 Å². The number of nitrogens with one attached hydrogen (secondary N) is 2. The summed E-state index contributed by atoms with van der Waals surface area (Å²) in [6.07, 6.45) is 6.29. The first kappa shape index (κ1) is 24.0. The molecule has 0 spiro atoms. The van der Waals surface area contributed by atoms with Crippen molar-refractivity contribution in [1.82, 2.24) is 14.5 Å². The number of likely N-dealkylation sites (tertiary alicyclic amines) is 1. The topological polar surface area (TPSA) is 98.8 Å². The van der Waals surface area contributed by atoms with Gasteiger partial charge in [-0.15, -0.1) is 11.3 Å². The Balaban J connectivity index is 1.59. The van der Waals surface area contributed by atoms with Crippen molar-refractivity contribution in [1.29, 1.82) is 0 Å². The Labute approximate surface area is 189 Å². The van der Waals surface area contributed by atoms with Gasteiger partial charge in [0.2, 0.25) is 5.91 Å². The summed E-state index contributed by atoms with van der Waals surface area (Å²) in [5, 5.41) is 6.32. The highest BCUT2D eigenvalue weighted by molar-refractivity contribution is 7.91. The fraction of sp³-hybridized carbons (Fsp3) is 0.714. The van der Waals surface area contributed by atoms with E-state index in [1.165, 1.54) is 0 Å². The van der Waals surface area contributed by atoms with Crippen LogP contribution in [-0.4, -0.2) is 61.8 Å². The number of nitrogens with zero attached hydrogens (tertiary/aromatic N) is 2. The second-order valence-electron chi connectivity index (χ2n) is 8.47. The molecule has 2 aliphatic rings. The van der Waals surface area contributed by atoms with Crippen LogP contribution in [-0.2, 0) is 14.8 Å². The van der Waals surface area contributed by atoms with E-state index < -0.39 is 10.0 Å². The number of carbonyl (C=O) groups is 2. The molecule has 8 nitrogen and oxygen atoms in total. The fourth-order valence-electron chi connectivity index (χ4n) is 3.96. The van der Waals surface area contributed by atoms with Crippen molar-refractivity contribution in [2.75, 3.05) is 31.5 Å². The summed E-state index contributed by atoms with van der Waals surface area (Å²) < 4.78 is 27.7. The molecule has 10 heteroatoms. The maximum Gasteiger partial charge on any atom is 0.322 e. The van der Waals surface area contributed by atoms with Crippen molar-refractivity contribution >= 4 is 38.3 Å². The van der Waals surface area contributed by atoms with Crippen molar-refractivity contribution in [3.05, 3.63) is 12.1 Å². The van der Waals surface area contributed by atoms with Crippen molar-refractivity contribution in [2.45, 2.75) is 69.0 Å². The van der Waals surface area contributed by atoms with E-state index in [9.17, 15) is 18.0 Å². The van der Waals surface area contributed by atoms with Crippen LogP contribution in [0, 0.1) is 5.92 Å². The molecule has 2 aliphatic heterocycles. The van der Waals surface area contributed by atoms with Gasteiger partial charge in [0.15, 0.2) is 0 Å². The van der Waals surface area contributed by atoms with Gasteiger partial charge in [0.1, 0.15) is 4.21 Å². The predicted octanol–water partition coefficient (Wildman–Crippen LogP) is 3.47. The van der Waals surface area contributed by atoms with Crippen LogP contribution < -0.4 is 10.6 Å². The molecule has 0 bridgehead atoms. The SMILES string of the molecule is CC[C@@H](C)NC(=O)[C@H]1CCCN(C(=O)Nc2ccc(S(=O)(=O)N3CCCCCC3)s2)C1. The molecule has 0 aliphatic carbocycles. The average molecular weight is 471 g/mol. The van der Waals surface area contributed by atoms with Gasteiger partial charge in [0.05, 0.1) is 10.9 Å². The number of hydrogen-bond donors (Lipinski definition) is 2. The first-order valence-corrected chi connectivity index (χ1v) is 13.5. The molecule has 0 radical (unpaired) electrons. The minimum Gasteiger partial charge on any atom is -0.353 e. The third-order valence-corrected chi connectivity index (χ3v) is 9.42. The number of hydrogen-bond acceptors (Lipinski definition) is 5. The van der Waals surface area contributed by atoms with Crippen LogP contribution in [0.1, 0.15) is 58.8 Å². The lowest BCUT2D eigenvalue weighted by molar-refractivity contribution is -0.126. The summed E-state index contributed by atoms with van der Waals surface area (Å²) in [6, 6.07) is 3.04. The summed E-state index contributed by atoms with van der Waals surface area (Å²) >= 11 is 1.08. The van der Waals surface area contributed by atoms with Gasteiger partial charge in [0, 0.05) is 32.2 Å². The van der Waals surface area contributed by atoms with Gasteiger partial charge in [-0.25, -0.2) is 13.2 Å². The molecule has 0 aromatic carbocycles. The number of sulfonamides is 1. The van der Waals surface area contributed by atoms with Crippen LogP contribution in [0.4, 0.5) is 9.80 Å². The first-order chi connectivity index (χ1) is 14.8. The van der Waals surface area contributed by atoms with Crippen LogP contribution in [0.3, 0.4) is 0 Å². The number of anilines is 1. The zero-order valence-electron chi connectivity index (χ0n) is 18.4. The molecule has 1 aromatic rings. The first-order valence-electron chi connectivity index (χ1n) is 11.3. The second kappa shape index (κ2) is 10.8. The van der Waals surface area contributed by atoms with Crippen molar-refractivity contribution in [2.24, 2.45) is 5.92 Å². The lowest BCUT2D eigenvalue weighted by Gasteiger charge is -2.32. The van der Waals surface area contributed by atoms with Gasteiger partial charge < -0.3 is 10.2 Å². The summed E-state index contributed by atoms with van der Waals surface area (Å²) in [4.78, 5) is 26.8. The Morgan fingerprint density at radius 3 is 2.52 bits per heavy atom. The van der Waals surface area contributed by atoms with Gasteiger partial charge in [0.25, 0.3) is 10.0 Å². The molecule has 3 amide bonds. The van der Waals surface area contributed by atoms with E-state index in [4.69, 9.17) is 0 Å². The lowest BCUT2D eigenvalue weighted by atomic mass is 9.97. The third kappa shape index (κ3) is 6.20. The molecule has 0 unspecified atom stereocenters. The number of rotatable bonds is 6. The van der Waals surface area contributed by atoms with Gasteiger partial charge in [-0.1, -0.05) is 19.8 Å². The molecule has 3 rings (SSSR count). The van der Waals surface area contributed by atoms with Crippen LogP contribution in [0.25, 0.3) is 0 Å². The molecule has 31 heavy (non-hydrogen) atoms. The van der Waals surface area contributed by atoms with Gasteiger partial charge in [-0.3, -0.25) is 10.1 Å². The monoisotopic (exact) mass is 470 g/mol. The van der Waals surface area contributed by atoms with Crippen LogP contribution in [0.15, 0.2) is 16.3 Å². The molecule has 174 valence electrons. The fourth-order valence-corrected chi connectivity index (χ4v) is 6.83. The normalized spacial score (nSPS) is 21.9. The van der Waals surface area contributed by atoms with Crippen molar-refractivity contribution in [3.8, 4) is 0 Å². The molecular formula is C21H34N4O4S2. The number of piperidine rings is 1. The van der Waals surface area contributed by atoms with Crippen LogP contribution >= 0.6 is 11.3 Å². The van der Waals surface area contributed by atoms with Gasteiger partial charge in [-0.05, 0) is 51.2 Å². The van der Waals surface area contributed by atoms with Crippen LogP contribution in [0.5, 0.6) is 0 Å². The molecule has 2 N–H and O–H groups in total. The molecule has 1 aromatic heterocycles. The highest BCUT2D eigenvalue weighted by Crippen LogP contribution is 2.30. The second-order valence-corrected chi connectivity index (χ2v) is 11.7. The summed E-state index contributed by atoms with van der Waals surface area (Å²) in [5.74, 6) is -0.218. The predicted molar refractivity (Wildman–Crippen MR) is 123 cm³/mol. The molecular weight excluding hydrogens is 436 g/mol. The Bertz CT molecular complexity index is 862.